The summed E-state index contributed by atoms with van der Waals surface area (Å²) < 4.78 is 1.08. The zero-order valence-corrected chi connectivity index (χ0v) is 12.8. The first-order valence-electron chi connectivity index (χ1n) is 5.65. The maximum Gasteiger partial charge on any atom is 0.229 e. The zero-order valence-electron chi connectivity index (χ0n) is 10.5. The van der Waals surface area contributed by atoms with Gasteiger partial charge in [0.1, 0.15) is 0 Å². The summed E-state index contributed by atoms with van der Waals surface area (Å²) in [5.41, 5.74) is 7.81. The van der Waals surface area contributed by atoms with E-state index in [-0.39, 0.29) is 17.3 Å². The molecule has 100 valence electrons. The van der Waals surface area contributed by atoms with Crippen LogP contribution in [0, 0.1) is 6.92 Å². The number of nitrogen functional groups attached to an aromatic ring is 1. The Bertz CT molecular complexity index is 584. The first-order chi connectivity index (χ1) is 8.95. The molecule has 2 rings (SSSR count). The minimum atomic E-state index is 0.0321. The summed E-state index contributed by atoms with van der Waals surface area (Å²) in [6, 6.07) is 6.16. The Morgan fingerprint density at radius 1 is 1.32 bits per heavy atom. The van der Waals surface area contributed by atoms with Crippen molar-refractivity contribution in [3.05, 3.63) is 39.1 Å². The van der Waals surface area contributed by atoms with Crippen molar-refractivity contribution in [2.24, 2.45) is 0 Å². The Kier molecular flexibility index (Phi) is 4.21. The minimum absolute atomic E-state index is 0.0321. The molecule has 5 nitrogen and oxygen atoms in total. The molecule has 0 bridgehead atoms. The van der Waals surface area contributed by atoms with Gasteiger partial charge >= 0.3 is 0 Å². The standard InChI is InChI=1S/C12H13BrClN5/c1-6-5-8(3-4-9(6)13)7(2)16-12-18-10(14)17-11(15)19-12/h3-5,7H,1-2H3,(H3,15,16,17,18,19). The van der Waals surface area contributed by atoms with E-state index < -0.39 is 0 Å². The van der Waals surface area contributed by atoms with Gasteiger partial charge in [-0.2, -0.15) is 15.0 Å². The molecule has 0 aliphatic heterocycles. The van der Waals surface area contributed by atoms with Gasteiger partial charge in [-0.25, -0.2) is 0 Å². The van der Waals surface area contributed by atoms with Gasteiger partial charge in [0.2, 0.25) is 17.2 Å². The van der Waals surface area contributed by atoms with Gasteiger partial charge in [0.25, 0.3) is 0 Å². The van der Waals surface area contributed by atoms with E-state index >= 15 is 0 Å². The summed E-state index contributed by atoms with van der Waals surface area (Å²) in [4.78, 5) is 11.7. The Labute approximate surface area is 124 Å². The van der Waals surface area contributed by atoms with E-state index in [0.717, 1.165) is 10.0 Å². The summed E-state index contributed by atoms with van der Waals surface area (Å²) in [6.45, 7) is 4.05. The quantitative estimate of drug-likeness (QED) is 0.894. The Morgan fingerprint density at radius 2 is 2.05 bits per heavy atom. The van der Waals surface area contributed by atoms with Crippen LogP contribution in [0.2, 0.25) is 5.28 Å². The second-order valence-electron chi connectivity index (χ2n) is 4.16. The largest absolute Gasteiger partial charge is 0.368 e. The van der Waals surface area contributed by atoms with Crippen LogP contribution in [0.3, 0.4) is 0 Å². The van der Waals surface area contributed by atoms with Gasteiger partial charge in [-0.3, -0.25) is 0 Å². The van der Waals surface area contributed by atoms with Gasteiger partial charge in [-0.05, 0) is 42.6 Å². The number of halogens is 2. The number of nitrogens with one attached hydrogen (secondary N) is 1. The highest BCUT2D eigenvalue weighted by molar-refractivity contribution is 9.10. The number of anilines is 2. The Balaban J connectivity index is 2.20. The van der Waals surface area contributed by atoms with Crippen molar-refractivity contribution >= 4 is 39.4 Å². The van der Waals surface area contributed by atoms with Crippen LogP contribution in [-0.2, 0) is 0 Å². The molecule has 1 heterocycles. The Morgan fingerprint density at radius 3 is 2.68 bits per heavy atom. The van der Waals surface area contributed by atoms with E-state index in [1.54, 1.807) is 0 Å². The van der Waals surface area contributed by atoms with Gasteiger partial charge in [0, 0.05) is 4.47 Å². The monoisotopic (exact) mass is 341 g/mol. The fourth-order valence-electron chi connectivity index (χ4n) is 1.64. The van der Waals surface area contributed by atoms with Crippen LogP contribution in [-0.4, -0.2) is 15.0 Å². The lowest BCUT2D eigenvalue weighted by atomic mass is 10.1. The summed E-state index contributed by atoms with van der Waals surface area (Å²) in [5.74, 6) is 0.465. The van der Waals surface area contributed by atoms with E-state index in [2.05, 4.69) is 42.3 Å². The fraction of sp³-hybridized carbons (Fsp3) is 0.250. The summed E-state index contributed by atoms with van der Waals surface area (Å²) in [5, 5.41) is 3.22. The molecular formula is C12H13BrClN5. The SMILES string of the molecule is Cc1cc(C(C)Nc2nc(N)nc(Cl)n2)ccc1Br. The number of nitrogens with zero attached hydrogens (tertiary/aromatic N) is 3. The second-order valence-corrected chi connectivity index (χ2v) is 5.35. The molecule has 2 aromatic rings. The third-order valence-electron chi connectivity index (χ3n) is 2.65. The van der Waals surface area contributed by atoms with Crippen LogP contribution in [0.5, 0.6) is 0 Å². The molecule has 1 atom stereocenters. The molecule has 0 saturated heterocycles. The first-order valence-corrected chi connectivity index (χ1v) is 6.82. The predicted molar refractivity (Wildman–Crippen MR) is 80.2 cm³/mol. The van der Waals surface area contributed by atoms with Gasteiger partial charge in [0.15, 0.2) is 0 Å². The zero-order chi connectivity index (χ0) is 14.0. The van der Waals surface area contributed by atoms with Crippen LogP contribution >= 0.6 is 27.5 Å². The average Bonchev–Trinajstić information content (AvgIpc) is 2.31. The molecule has 19 heavy (non-hydrogen) atoms. The first kappa shape index (κ1) is 14.0. The normalized spacial score (nSPS) is 12.2. The van der Waals surface area contributed by atoms with Crippen LogP contribution in [0.25, 0.3) is 0 Å². The molecule has 1 aromatic carbocycles. The molecule has 0 aliphatic rings. The van der Waals surface area contributed by atoms with Crippen molar-refractivity contribution in [3.8, 4) is 0 Å². The number of aryl methyl sites for hydroxylation is 1. The number of hydrogen-bond donors (Lipinski definition) is 2. The highest BCUT2D eigenvalue weighted by Gasteiger charge is 2.09. The highest BCUT2D eigenvalue weighted by atomic mass is 79.9. The highest BCUT2D eigenvalue weighted by Crippen LogP contribution is 2.23. The van der Waals surface area contributed by atoms with Gasteiger partial charge < -0.3 is 11.1 Å². The van der Waals surface area contributed by atoms with Gasteiger partial charge in [-0.1, -0.05) is 28.1 Å². The average molecular weight is 343 g/mol. The van der Waals surface area contributed by atoms with Crippen molar-refractivity contribution in [2.45, 2.75) is 19.9 Å². The van der Waals surface area contributed by atoms with Crippen LogP contribution in [0.15, 0.2) is 22.7 Å². The molecule has 0 amide bonds. The molecule has 3 N–H and O–H groups in total. The molecule has 0 fully saturated rings. The van der Waals surface area contributed by atoms with E-state index in [1.165, 1.54) is 5.56 Å². The minimum Gasteiger partial charge on any atom is -0.368 e. The van der Waals surface area contributed by atoms with E-state index in [1.807, 2.05) is 26.0 Å². The molecule has 7 heteroatoms. The molecule has 1 unspecified atom stereocenters. The van der Waals surface area contributed by atoms with Crippen molar-refractivity contribution in [2.75, 3.05) is 11.1 Å². The maximum absolute atomic E-state index is 5.74. The number of hydrogen-bond acceptors (Lipinski definition) is 5. The molecule has 0 aliphatic carbocycles. The second kappa shape index (κ2) is 5.71. The van der Waals surface area contributed by atoms with Crippen molar-refractivity contribution in [1.29, 1.82) is 0 Å². The third kappa shape index (κ3) is 3.54. The van der Waals surface area contributed by atoms with Crippen molar-refractivity contribution in [1.82, 2.24) is 15.0 Å². The number of nitrogens with two attached hydrogens (primary N) is 1. The fourth-order valence-corrected chi connectivity index (χ4v) is 2.06. The van der Waals surface area contributed by atoms with Crippen LogP contribution in [0.4, 0.5) is 11.9 Å². The molecule has 1 aromatic heterocycles. The van der Waals surface area contributed by atoms with Crippen LogP contribution < -0.4 is 11.1 Å². The molecule has 0 spiro atoms. The summed E-state index contributed by atoms with van der Waals surface area (Å²) in [6.07, 6.45) is 0. The third-order valence-corrected chi connectivity index (χ3v) is 3.71. The maximum atomic E-state index is 5.74. The number of benzene rings is 1. The van der Waals surface area contributed by atoms with E-state index in [0.29, 0.717) is 5.95 Å². The Hall–Kier alpha value is -1.40. The van der Waals surface area contributed by atoms with Crippen LogP contribution in [0.1, 0.15) is 24.1 Å². The predicted octanol–water partition coefficient (Wildman–Crippen LogP) is 3.35. The lowest BCUT2D eigenvalue weighted by Gasteiger charge is -2.15. The molecule has 0 radical (unpaired) electrons. The summed E-state index contributed by atoms with van der Waals surface area (Å²) in [7, 11) is 0. The van der Waals surface area contributed by atoms with Crippen molar-refractivity contribution in [3.63, 3.8) is 0 Å². The van der Waals surface area contributed by atoms with Gasteiger partial charge in [0.05, 0.1) is 6.04 Å². The number of rotatable bonds is 3. The smallest absolute Gasteiger partial charge is 0.229 e. The van der Waals surface area contributed by atoms with E-state index in [9.17, 15) is 0 Å². The van der Waals surface area contributed by atoms with E-state index in [4.69, 9.17) is 17.3 Å². The number of aromatic nitrogens is 3. The van der Waals surface area contributed by atoms with Gasteiger partial charge in [-0.15, -0.1) is 0 Å². The molecule has 0 saturated carbocycles. The summed E-state index contributed by atoms with van der Waals surface area (Å²) >= 11 is 9.21. The lowest BCUT2D eigenvalue weighted by Crippen LogP contribution is -2.11. The van der Waals surface area contributed by atoms with Crippen molar-refractivity contribution < 1.29 is 0 Å². The molecular weight excluding hydrogens is 330 g/mol. The topological polar surface area (TPSA) is 76.7 Å². The lowest BCUT2D eigenvalue weighted by molar-refractivity contribution is 0.853.